The molecule has 0 fully saturated rings. The highest BCUT2D eigenvalue weighted by molar-refractivity contribution is 5.39. The van der Waals surface area contributed by atoms with Gasteiger partial charge in [-0.05, 0) is 0 Å². The van der Waals surface area contributed by atoms with E-state index in [0.29, 0.717) is 0 Å². The number of aromatic nitrogens is 3. The molecule has 1 aromatic heterocycles. The summed E-state index contributed by atoms with van der Waals surface area (Å²) >= 11 is 0. The number of nitrogens with two attached hydrogens (primary N) is 2. The predicted octanol–water partition coefficient (Wildman–Crippen LogP) is -1.84. The van der Waals surface area contributed by atoms with Gasteiger partial charge in [0.2, 0.25) is 17.8 Å². The molecule has 8 N–H and O–H groups in total. The predicted molar refractivity (Wildman–Crippen MR) is 51.2 cm³/mol. The van der Waals surface area contributed by atoms with Gasteiger partial charge in [-0.1, -0.05) is 6.58 Å². The lowest BCUT2D eigenvalue weighted by atomic mass is 10.4. The zero-order valence-electron chi connectivity index (χ0n) is 7.55. The van der Waals surface area contributed by atoms with E-state index in [0.717, 1.165) is 0 Å². The number of hydrogen-bond donors (Lipinski definition) is 6. The van der Waals surface area contributed by atoms with Crippen molar-refractivity contribution in [2.75, 3.05) is 16.8 Å². The largest absolute Gasteiger partial charge is 0.506 e. The Hall–Kier alpha value is -2.13. The fraction of sp³-hybridized carbons (Fsp3) is 0.167. The van der Waals surface area contributed by atoms with Crippen LogP contribution in [0.3, 0.4) is 0 Å². The van der Waals surface area contributed by atoms with E-state index in [9.17, 15) is 0 Å². The first kappa shape index (κ1) is 10.9. The summed E-state index contributed by atoms with van der Waals surface area (Å²) in [7, 11) is 0. The van der Waals surface area contributed by atoms with Gasteiger partial charge < -0.3 is 26.8 Å². The third kappa shape index (κ3) is 2.65. The summed E-state index contributed by atoms with van der Waals surface area (Å²) in [6.07, 6.45) is 0. The molecule has 0 spiro atoms. The van der Waals surface area contributed by atoms with Crippen molar-refractivity contribution < 1.29 is 15.3 Å². The standard InChI is InChI=1S/C6H10N6O3/c1-2(13)6(14,15)12-5-10-3(7)9-4(8)11-5/h13-15H,1H2,(H5,7,8,9,10,11,12). The Balaban J connectivity index is 2.94. The molecular weight excluding hydrogens is 204 g/mol. The summed E-state index contributed by atoms with van der Waals surface area (Å²) in [4.78, 5) is 10.4. The maximum Gasteiger partial charge on any atom is 0.307 e. The molecule has 1 aromatic rings. The van der Waals surface area contributed by atoms with E-state index in [1.807, 2.05) is 5.32 Å². The van der Waals surface area contributed by atoms with Crippen LogP contribution in [0, 0.1) is 0 Å². The normalized spacial score (nSPS) is 11.1. The Morgan fingerprint density at radius 1 is 1.20 bits per heavy atom. The summed E-state index contributed by atoms with van der Waals surface area (Å²) in [6, 6.07) is 0. The second-order valence-electron chi connectivity index (χ2n) is 2.62. The number of aliphatic hydroxyl groups is 3. The van der Waals surface area contributed by atoms with E-state index >= 15 is 0 Å². The first-order valence-electron chi connectivity index (χ1n) is 3.69. The maximum atomic E-state index is 9.14. The minimum Gasteiger partial charge on any atom is -0.506 e. The summed E-state index contributed by atoms with van der Waals surface area (Å²) < 4.78 is 0. The van der Waals surface area contributed by atoms with Gasteiger partial charge in [0.15, 0.2) is 5.76 Å². The van der Waals surface area contributed by atoms with Crippen LogP contribution in [-0.2, 0) is 0 Å². The zero-order valence-corrected chi connectivity index (χ0v) is 7.55. The van der Waals surface area contributed by atoms with E-state index < -0.39 is 11.7 Å². The molecule has 0 saturated carbocycles. The molecule has 0 aromatic carbocycles. The van der Waals surface area contributed by atoms with Gasteiger partial charge in [0.05, 0.1) is 0 Å². The molecule has 9 heteroatoms. The molecule has 9 nitrogen and oxygen atoms in total. The Labute approximate surface area is 84.1 Å². The van der Waals surface area contributed by atoms with Crippen LogP contribution >= 0.6 is 0 Å². The number of rotatable bonds is 3. The summed E-state index contributed by atoms with van der Waals surface area (Å²) in [5.41, 5.74) is 10.4. The van der Waals surface area contributed by atoms with E-state index in [-0.39, 0.29) is 17.8 Å². The van der Waals surface area contributed by atoms with Gasteiger partial charge in [-0.15, -0.1) is 0 Å². The quantitative estimate of drug-likeness (QED) is 0.250. The zero-order chi connectivity index (χ0) is 11.6. The number of anilines is 3. The topological polar surface area (TPSA) is 163 Å². The summed E-state index contributed by atoms with van der Waals surface area (Å²) in [5.74, 6) is -4.41. The van der Waals surface area contributed by atoms with Gasteiger partial charge in [0, 0.05) is 0 Å². The molecular formula is C6H10N6O3. The van der Waals surface area contributed by atoms with Crippen LogP contribution in [0.1, 0.15) is 0 Å². The molecule has 0 amide bonds. The van der Waals surface area contributed by atoms with E-state index in [2.05, 4.69) is 21.5 Å². The average Bonchev–Trinajstić information content (AvgIpc) is 1.99. The van der Waals surface area contributed by atoms with Crippen molar-refractivity contribution in [1.82, 2.24) is 15.0 Å². The number of nitrogen functional groups attached to an aromatic ring is 2. The molecule has 82 valence electrons. The van der Waals surface area contributed by atoms with E-state index in [1.54, 1.807) is 0 Å². The molecule has 0 atom stereocenters. The first-order chi connectivity index (χ1) is 6.81. The third-order valence-corrected chi connectivity index (χ3v) is 1.36. The fourth-order valence-electron chi connectivity index (χ4n) is 0.693. The minimum atomic E-state index is -2.76. The number of nitrogens with one attached hydrogen (secondary N) is 1. The van der Waals surface area contributed by atoms with Crippen LogP contribution in [0.2, 0.25) is 0 Å². The third-order valence-electron chi connectivity index (χ3n) is 1.36. The Bertz CT molecular complexity index is 372. The average molecular weight is 214 g/mol. The summed E-state index contributed by atoms with van der Waals surface area (Å²) in [5, 5.41) is 29.0. The smallest absolute Gasteiger partial charge is 0.307 e. The highest BCUT2D eigenvalue weighted by Gasteiger charge is 2.28. The molecule has 0 aliphatic carbocycles. The van der Waals surface area contributed by atoms with Gasteiger partial charge in [-0.3, -0.25) is 5.32 Å². The van der Waals surface area contributed by atoms with Crippen molar-refractivity contribution in [1.29, 1.82) is 0 Å². The molecule has 15 heavy (non-hydrogen) atoms. The number of nitrogens with zero attached hydrogens (tertiary/aromatic N) is 3. The fourth-order valence-corrected chi connectivity index (χ4v) is 0.693. The highest BCUT2D eigenvalue weighted by Crippen LogP contribution is 2.12. The molecule has 0 aliphatic heterocycles. The number of hydrogen-bond acceptors (Lipinski definition) is 9. The second-order valence-corrected chi connectivity index (χ2v) is 2.62. The van der Waals surface area contributed by atoms with Crippen LogP contribution in [0.4, 0.5) is 17.8 Å². The lowest BCUT2D eigenvalue weighted by Gasteiger charge is -2.20. The molecule has 0 aliphatic rings. The van der Waals surface area contributed by atoms with Crippen molar-refractivity contribution in [2.45, 2.75) is 5.91 Å². The van der Waals surface area contributed by atoms with Gasteiger partial charge >= 0.3 is 5.91 Å². The van der Waals surface area contributed by atoms with Gasteiger partial charge in [0.25, 0.3) is 0 Å². The van der Waals surface area contributed by atoms with Gasteiger partial charge in [-0.2, -0.15) is 15.0 Å². The van der Waals surface area contributed by atoms with E-state index in [4.69, 9.17) is 26.8 Å². The molecule has 0 bridgehead atoms. The molecule has 1 heterocycles. The van der Waals surface area contributed by atoms with Crippen LogP contribution in [0.5, 0.6) is 0 Å². The number of aliphatic hydroxyl groups excluding tert-OH is 1. The van der Waals surface area contributed by atoms with Crippen molar-refractivity contribution in [3.63, 3.8) is 0 Å². The van der Waals surface area contributed by atoms with E-state index in [1.165, 1.54) is 0 Å². The molecule has 0 unspecified atom stereocenters. The maximum absolute atomic E-state index is 9.14. The molecule has 0 radical (unpaired) electrons. The monoisotopic (exact) mass is 214 g/mol. The van der Waals surface area contributed by atoms with Crippen LogP contribution in [0.25, 0.3) is 0 Å². The van der Waals surface area contributed by atoms with Crippen LogP contribution < -0.4 is 16.8 Å². The first-order valence-corrected chi connectivity index (χ1v) is 3.69. The second kappa shape index (κ2) is 3.55. The lowest BCUT2D eigenvalue weighted by molar-refractivity contribution is -0.127. The van der Waals surface area contributed by atoms with Gasteiger partial charge in [0.1, 0.15) is 0 Å². The SMILES string of the molecule is C=C(O)C(O)(O)Nc1nc(N)nc(N)n1. The Morgan fingerprint density at radius 3 is 2.07 bits per heavy atom. The van der Waals surface area contributed by atoms with Crippen LogP contribution in [0.15, 0.2) is 12.3 Å². The Morgan fingerprint density at radius 2 is 1.67 bits per heavy atom. The summed E-state index contributed by atoms with van der Waals surface area (Å²) in [6.45, 7) is 2.93. The minimum absolute atomic E-state index is 0.204. The highest BCUT2D eigenvalue weighted by atomic mass is 16.5. The van der Waals surface area contributed by atoms with Crippen molar-refractivity contribution >= 4 is 17.8 Å². The van der Waals surface area contributed by atoms with Crippen molar-refractivity contribution in [2.24, 2.45) is 0 Å². The van der Waals surface area contributed by atoms with Gasteiger partial charge in [-0.25, -0.2) is 0 Å². The Kier molecular flexibility index (Phi) is 2.59. The van der Waals surface area contributed by atoms with Crippen molar-refractivity contribution in [3.05, 3.63) is 12.3 Å². The lowest BCUT2D eigenvalue weighted by Crippen LogP contribution is -2.40. The molecule has 1 rings (SSSR count). The van der Waals surface area contributed by atoms with Crippen molar-refractivity contribution in [3.8, 4) is 0 Å². The molecule has 0 saturated heterocycles. The van der Waals surface area contributed by atoms with Crippen LogP contribution in [-0.4, -0.2) is 36.2 Å².